The zero-order valence-electron chi connectivity index (χ0n) is 12.0. The van der Waals surface area contributed by atoms with Crippen LogP contribution in [0.5, 0.6) is 0 Å². The van der Waals surface area contributed by atoms with Gasteiger partial charge in [-0.25, -0.2) is 0 Å². The Hall–Kier alpha value is 0.01000. The van der Waals surface area contributed by atoms with E-state index in [0.29, 0.717) is 25.5 Å². The molecule has 3 nitrogen and oxygen atoms in total. The van der Waals surface area contributed by atoms with Gasteiger partial charge < -0.3 is 10.6 Å². The van der Waals surface area contributed by atoms with Crippen LogP contribution < -0.4 is 10.6 Å². The van der Waals surface area contributed by atoms with Gasteiger partial charge in [-0.3, -0.25) is 4.99 Å². The monoisotopic (exact) mass is 483 g/mol. The van der Waals surface area contributed by atoms with Gasteiger partial charge in [0.1, 0.15) is 0 Å². The van der Waals surface area contributed by atoms with Crippen LogP contribution in [0.2, 0.25) is 0 Å². The number of halogens is 5. The van der Waals surface area contributed by atoms with Crippen LogP contribution in [-0.2, 0) is 0 Å². The van der Waals surface area contributed by atoms with Crippen molar-refractivity contribution in [2.75, 3.05) is 20.1 Å². The van der Waals surface area contributed by atoms with Crippen molar-refractivity contribution in [2.45, 2.75) is 31.9 Å². The molecular formula is C13H22BrF3IN3. The van der Waals surface area contributed by atoms with Gasteiger partial charge >= 0.3 is 6.18 Å². The minimum Gasteiger partial charge on any atom is -0.356 e. The van der Waals surface area contributed by atoms with Crippen molar-refractivity contribution in [1.82, 2.24) is 10.6 Å². The molecule has 2 N–H and O–H groups in total. The minimum absolute atomic E-state index is 0. The Morgan fingerprint density at radius 3 is 2.52 bits per heavy atom. The molecule has 0 aliphatic heterocycles. The van der Waals surface area contributed by atoms with E-state index < -0.39 is 12.1 Å². The summed E-state index contributed by atoms with van der Waals surface area (Å²) < 4.78 is 38.9. The van der Waals surface area contributed by atoms with Crippen molar-refractivity contribution < 1.29 is 13.2 Å². The number of nitrogens with zero attached hydrogens (tertiary/aromatic N) is 1. The van der Waals surface area contributed by atoms with Crippen LogP contribution in [-0.4, -0.2) is 32.3 Å². The highest BCUT2D eigenvalue weighted by molar-refractivity contribution is 14.0. The molecule has 1 saturated carbocycles. The second-order valence-electron chi connectivity index (χ2n) is 5.10. The summed E-state index contributed by atoms with van der Waals surface area (Å²) in [5.74, 6) is -0.527. The van der Waals surface area contributed by atoms with Gasteiger partial charge in [0, 0.05) is 24.6 Å². The molecule has 1 rings (SSSR count). The third-order valence-electron chi connectivity index (χ3n) is 3.48. The van der Waals surface area contributed by atoms with Crippen molar-refractivity contribution in [3.05, 3.63) is 11.1 Å². The SMILES string of the molecule is C=C(Br)CNC(=NC)NCC1CCCC(C(F)(F)F)C1.I. The fourth-order valence-electron chi connectivity index (χ4n) is 2.41. The molecule has 2 unspecified atom stereocenters. The van der Waals surface area contributed by atoms with E-state index in [9.17, 15) is 13.2 Å². The third kappa shape index (κ3) is 8.27. The van der Waals surface area contributed by atoms with Crippen LogP contribution in [0.3, 0.4) is 0 Å². The third-order valence-corrected chi connectivity index (χ3v) is 3.76. The van der Waals surface area contributed by atoms with Gasteiger partial charge in [0.2, 0.25) is 0 Å². The maximum absolute atomic E-state index is 12.7. The van der Waals surface area contributed by atoms with Gasteiger partial charge in [-0.1, -0.05) is 28.9 Å². The first-order valence-corrected chi connectivity index (χ1v) is 7.46. The van der Waals surface area contributed by atoms with Crippen LogP contribution in [0.15, 0.2) is 16.1 Å². The standard InChI is InChI=1S/C13H21BrF3N3.HI/c1-9(14)7-19-12(18-2)20-8-10-4-3-5-11(6-10)13(15,16)17;/h10-11H,1,3-8H2,2H3,(H2,18,19,20);1H. The summed E-state index contributed by atoms with van der Waals surface area (Å²) >= 11 is 3.22. The smallest absolute Gasteiger partial charge is 0.356 e. The summed E-state index contributed by atoms with van der Waals surface area (Å²) in [4.78, 5) is 4.02. The number of alkyl halides is 3. The zero-order chi connectivity index (χ0) is 15.2. The van der Waals surface area contributed by atoms with Crippen molar-refractivity contribution in [1.29, 1.82) is 0 Å². The Bertz CT molecular complexity index is 361. The van der Waals surface area contributed by atoms with E-state index >= 15 is 0 Å². The first kappa shape index (κ1) is 21.0. The van der Waals surface area contributed by atoms with E-state index in [1.807, 2.05) is 0 Å². The first-order chi connectivity index (χ1) is 9.32. The predicted molar refractivity (Wildman–Crippen MR) is 94.3 cm³/mol. The van der Waals surface area contributed by atoms with Crippen molar-refractivity contribution in [3.8, 4) is 0 Å². The molecule has 124 valence electrons. The van der Waals surface area contributed by atoms with Gasteiger partial charge in [0.15, 0.2) is 5.96 Å². The number of nitrogens with one attached hydrogen (secondary N) is 2. The van der Waals surface area contributed by atoms with Crippen LogP contribution in [0.4, 0.5) is 13.2 Å². The van der Waals surface area contributed by atoms with Gasteiger partial charge in [0.05, 0.1) is 5.92 Å². The summed E-state index contributed by atoms with van der Waals surface area (Å²) in [6.07, 6.45) is -2.12. The molecule has 0 bridgehead atoms. The normalized spacial score (nSPS) is 23.2. The van der Waals surface area contributed by atoms with Crippen LogP contribution in [0.1, 0.15) is 25.7 Å². The molecule has 0 heterocycles. The fraction of sp³-hybridized carbons (Fsp3) is 0.769. The molecule has 0 saturated heterocycles. The highest BCUT2D eigenvalue weighted by Gasteiger charge is 2.41. The van der Waals surface area contributed by atoms with Gasteiger partial charge in [-0.05, 0) is 25.2 Å². The summed E-state index contributed by atoms with van der Waals surface area (Å²) in [7, 11) is 1.63. The molecule has 0 radical (unpaired) electrons. The molecule has 0 aromatic carbocycles. The van der Waals surface area contributed by atoms with E-state index in [0.717, 1.165) is 10.9 Å². The van der Waals surface area contributed by atoms with Crippen LogP contribution >= 0.6 is 39.9 Å². The first-order valence-electron chi connectivity index (χ1n) is 6.67. The summed E-state index contributed by atoms with van der Waals surface area (Å²) in [6.45, 7) is 4.73. The lowest BCUT2D eigenvalue weighted by atomic mass is 9.81. The van der Waals surface area contributed by atoms with Gasteiger partial charge in [0.25, 0.3) is 0 Å². The molecule has 1 fully saturated rings. The average Bonchev–Trinajstić information content (AvgIpc) is 2.38. The zero-order valence-corrected chi connectivity index (χ0v) is 15.9. The molecule has 0 aromatic rings. The Kier molecular flexibility index (Phi) is 9.92. The Balaban J connectivity index is 0.00000400. The van der Waals surface area contributed by atoms with Crippen molar-refractivity contribution in [3.63, 3.8) is 0 Å². The Labute approximate surface area is 149 Å². The average molecular weight is 484 g/mol. The summed E-state index contributed by atoms with van der Waals surface area (Å²) in [6, 6.07) is 0. The quantitative estimate of drug-likeness (QED) is 0.359. The van der Waals surface area contributed by atoms with E-state index in [4.69, 9.17) is 0 Å². The van der Waals surface area contributed by atoms with E-state index in [-0.39, 0.29) is 42.7 Å². The molecule has 8 heteroatoms. The number of guanidine groups is 1. The highest BCUT2D eigenvalue weighted by atomic mass is 127. The molecule has 1 aliphatic rings. The molecule has 2 atom stereocenters. The molecular weight excluding hydrogens is 462 g/mol. The van der Waals surface area contributed by atoms with Gasteiger partial charge in [-0.15, -0.1) is 24.0 Å². The molecule has 0 aromatic heterocycles. The number of hydrogen-bond acceptors (Lipinski definition) is 1. The molecule has 0 amide bonds. The fourth-order valence-corrected chi connectivity index (χ4v) is 2.56. The lowest BCUT2D eigenvalue weighted by Crippen LogP contribution is -2.41. The van der Waals surface area contributed by atoms with E-state index in [2.05, 4.69) is 38.1 Å². The second-order valence-corrected chi connectivity index (χ2v) is 6.22. The lowest BCUT2D eigenvalue weighted by molar-refractivity contribution is -0.185. The van der Waals surface area contributed by atoms with Crippen molar-refractivity contribution in [2.24, 2.45) is 16.8 Å². The largest absolute Gasteiger partial charge is 0.391 e. The topological polar surface area (TPSA) is 36.4 Å². The molecule has 1 aliphatic carbocycles. The lowest BCUT2D eigenvalue weighted by Gasteiger charge is -2.30. The predicted octanol–water partition coefficient (Wildman–Crippen LogP) is 4.05. The maximum Gasteiger partial charge on any atom is 0.391 e. The van der Waals surface area contributed by atoms with E-state index in [1.54, 1.807) is 7.05 Å². The second kappa shape index (κ2) is 9.91. The number of rotatable bonds is 4. The van der Waals surface area contributed by atoms with E-state index in [1.165, 1.54) is 0 Å². The highest BCUT2D eigenvalue weighted by Crippen LogP contribution is 2.39. The maximum atomic E-state index is 12.7. The molecule has 0 spiro atoms. The number of aliphatic imine (C=N–C) groups is 1. The van der Waals surface area contributed by atoms with Gasteiger partial charge in [-0.2, -0.15) is 13.2 Å². The summed E-state index contributed by atoms with van der Waals surface area (Å²) in [5, 5.41) is 6.10. The molecule has 21 heavy (non-hydrogen) atoms. The van der Waals surface area contributed by atoms with Crippen LogP contribution in [0, 0.1) is 11.8 Å². The number of hydrogen-bond donors (Lipinski definition) is 2. The van der Waals surface area contributed by atoms with Crippen LogP contribution in [0.25, 0.3) is 0 Å². The Morgan fingerprint density at radius 2 is 2.00 bits per heavy atom. The Morgan fingerprint density at radius 1 is 1.33 bits per heavy atom. The summed E-state index contributed by atoms with van der Waals surface area (Å²) in [5.41, 5.74) is 0. The minimum atomic E-state index is -4.06. The van der Waals surface area contributed by atoms with Crippen molar-refractivity contribution >= 4 is 45.9 Å².